The van der Waals surface area contributed by atoms with Crippen molar-refractivity contribution in [3.8, 4) is 28.9 Å². The Morgan fingerprint density at radius 2 is 1.61 bits per heavy atom. The lowest BCUT2D eigenvalue weighted by atomic mass is 10.2. The molecule has 0 aliphatic rings. The van der Waals surface area contributed by atoms with Gasteiger partial charge in [0.05, 0.1) is 33.7 Å². The molecule has 0 aliphatic carbocycles. The van der Waals surface area contributed by atoms with Crippen molar-refractivity contribution in [2.75, 3.05) is 32.4 Å². The molecule has 0 radical (unpaired) electrons. The first-order chi connectivity index (χ1) is 13.6. The Morgan fingerprint density at radius 1 is 0.929 bits per heavy atom. The first-order valence-electron chi connectivity index (χ1n) is 8.51. The summed E-state index contributed by atoms with van der Waals surface area (Å²) in [6.07, 6.45) is 3.16. The number of nitrogens with one attached hydrogen (secondary N) is 1. The van der Waals surface area contributed by atoms with Crippen molar-refractivity contribution < 1.29 is 18.9 Å². The van der Waals surface area contributed by atoms with Gasteiger partial charge in [-0.15, -0.1) is 0 Å². The second-order valence-corrected chi connectivity index (χ2v) is 5.80. The number of anilines is 2. The molecule has 1 heterocycles. The summed E-state index contributed by atoms with van der Waals surface area (Å²) in [4.78, 5) is 8.57. The molecule has 0 unspecified atom stereocenters. The van der Waals surface area contributed by atoms with Crippen molar-refractivity contribution in [3.05, 3.63) is 54.4 Å². The molecule has 3 aromatic rings. The second-order valence-electron chi connectivity index (χ2n) is 5.80. The van der Waals surface area contributed by atoms with Gasteiger partial charge in [-0.2, -0.15) is 4.98 Å². The number of methoxy groups -OCH3 is 3. The van der Waals surface area contributed by atoms with E-state index in [-0.39, 0.29) is 0 Å². The highest BCUT2D eigenvalue weighted by Gasteiger charge is 2.13. The van der Waals surface area contributed by atoms with Gasteiger partial charge in [0.15, 0.2) is 11.5 Å². The Bertz CT molecular complexity index is 907. The highest BCUT2D eigenvalue weighted by Crippen LogP contribution is 2.38. The van der Waals surface area contributed by atoms with Gasteiger partial charge in [-0.05, 0) is 42.0 Å². The van der Waals surface area contributed by atoms with E-state index in [1.165, 1.54) is 0 Å². The van der Waals surface area contributed by atoms with Crippen LogP contribution < -0.4 is 30.0 Å². The van der Waals surface area contributed by atoms with Crippen molar-refractivity contribution in [2.45, 2.75) is 6.54 Å². The molecule has 3 N–H and O–H groups in total. The Balaban J connectivity index is 1.72. The standard InChI is InChI=1S/C20H22N4O4/c1-25-16-8-13(9-17(26-2)20(16)27-3)10-23-18-11-22-12-19(24-18)28-15-6-4-14(21)5-7-15/h4-9,11-12H,10,21H2,1-3H3,(H,23,24). The zero-order chi connectivity index (χ0) is 19.9. The van der Waals surface area contributed by atoms with Gasteiger partial charge < -0.3 is 30.0 Å². The van der Waals surface area contributed by atoms with Crippen LogP contribution in [0.1, 0.15) is 5.56 Å². The minimum atomic E-state index is 0.375. The first kappa shape index (κ1) is 19.1. The number of nitrogen functional groups attached to an aromatic ring is 1. The van der Waals surface area contributed by atoms with E-state index in [4.69, 9.17) is 24.7 Å². The summed E-state index contributed by atoms with van der Waals surface area (Å²) in [6.45, 7) is 0.483. The van der Waals surface area contributed by atoms with E-state index in [9.17, 15) is 0 Å². The van der Waals surface area contributed by atoms with Gasteiger partial charge in [0, 0.05) is 12.2 Å². The predicted octanol–water partition coefficient (Wildman–Crippen LogP) is 3.49. The summed E-state index contributed by atoms with van der Waals surface area (Å²) in [5.41, 5.74) is 7.28. The predicted molar refractivity (Wildman–Crippen MR) is 106 cm³/mol. The number of rotatable bonds is 8. The monoisotopic (exact) mass is 382 g/mol. The van der Waals surface area contributed by atoms with Gasteiger partial charge in [-0.1, -0.05) is 0 Å². The van der Waals surface area contributed by atoms with E-state index in [2.05, 4.69) is 15.3 Å². The second kappa shape index (κ2) is 8.81. The molecule has 8 nitrogen and oxygen atoms in total. The molecule has 3 rings (SSSR count). The highest BCUT2D eigenvalue weighted by atomic mass is 16.5. The summed E-state index contributed by atoms with van der Waals surface area (Å²) in [5.74, 6) is 3.30. The number of hydrogen-bond donors (Lipinski definition) is 2. The fraction of sp³-hybridized carbons (Fsp3) is 0.200. The zero-order valence-electron chi connectivity index (χ0n) is 15.9. The average molecular weight is 382 g/mol. The number of aromatic nitrogens is 2. The Kier molecular flexibility index (Phi) is 6.01. The Labute approximate surface area is 163 Å². The molecule has 0 saturated carbocycles. The number of nitrogens with two attached hydrogens (primary N) is 1. The van der Waals surface area contributed by atoms with E-state index in [0.717, 1.165) is 5.56 Å². The third kappa shape index (κ3) is 4.53. The molecule has 0 fully saturated rings. The van der Waals surface area contributed by atoms with E-state index in [0.29, 0.717) is 46.9 Å². The van der Waals surface area contributed by atoms with Gasteiger partial charge in [-0.25, -0.2) is 0 Å². The molecule has 0 amide bonds. The molecule has 0 spiro atoms. The summed E-state index contributed by atoms with van der Waals surface area (Å²) in [6, 6.07) is 10.8. The van der Waals surface area contributed by atoms with Crippen LogP contribution in [-0.2, 0) is 6.54 Å². The van der Waals surface area contributed by atoms with Gasteiger partial charge in [0.25, 0.3) is 0 Å². The number of benzene rings is 2. The van der Waals surface area contributed by atoms with E-state index in [1.807, 2.05) is 12.1 Å². The molecule has 2 aromatic carbocycles. The number of hydrogen-bond acceptors (Lipinski definition) is 8. The molecule has 0 aliphatic heterocycles. The lowest BCUT2D eigenvalue weighted by Gasteiger charge is -2.14. The first-order valence-corrected chi connectivity index (χ1v) is 8.51. The van der Waals surface area contributed by atoms with Gasteiger partial charge in [0.1, 0.15) is 11.6 Å². The molecule has 8 heteroatoms. The summed E-state index contributed by atoms with van der Waals surface area (Å²) < 4.78 is 21.8. The lowest BCUT2D eigenvalue weighted by Crippen LogP contribution is -2.04. The molecular weight excluding hydrogens is 360 g/mol. The maximum absolute atomic E-state index is 5.70. The molecule has 146 valence electrons. The topological polar surface area (TPSA) is 101 Å². The van der Waals surface area contributed by atoms with Crippen molar-refractivity contribution in [2.24, 2.45) is 0 Å². The zero-order valence-corrected chi connectivity index (χ0v) is 15.9. The van der Waals surface area contributed by atoms with Crippen LogP contribution in [0.15, 0.2) is 48.8 Å². The van der Waals surface area contributed by atoms with Crippen LogP contribution in [0, 0.1) is 0 Å². The van der Waals surface area contributed by atoms with E-state index >= 15 is 0 Å². The summed E-state index contributed by atoms with van der Waals surface area (Å²) >= 11 is 0. The Morgan fingerprint density at radius 3 is 2.21 bits per heavy atom. The fourth-order valence-corrected chi connectivity index (χ4v) is 2.57. The summed E-state index contributed by atoms with van der Waals surface area (Å²) in [5, 5.41) is 3.21. The van der Waals surface area contributed by atoms with Gasteiger partial charge in [0.2, 0.25) is 11.6 Å². The van der Waals surface area contributed by atoms with Crippen molar-refractivity contribution in [3.63, 3.8) is 0 Å². The quantitative estimate of drug-likeness (QED) is 0.571. The Hall–Kier alpha value is -3.68. The minimum absolute atomic E-state index is 0.375. The van der Waals surface area contributed by atoms with Crippen molar-refractivity contribution in [1.29, 1.82) is 0 Å². The number of nitrogens with zero attached hydrogens (tertiary/aromatic N) is 2. The van der Waals surface area contributed by atoms with Crippen LogP contribution in [0.25, 0.3) is 0 Å². The maximum Gasteiger partial charge on any atom is 0.239 e. The average Bonchev–Trinajstić information content (AvgIpc) is 2.73. The highest BCUT2D eigenvalue weighted by molar-refractivity contribution is 5.54. The van der Waals surface area contributed by atoms with Crippen LogP contribution in [-0.4, -0.2) is 31.3 Å². The largest absolute Gasteiger partial charge is 0.493 e. The fourth-order valence-electron chi connectivity index (χ4n) is 2.57. The normalized spacial score (nSPS) is 10.2. The van der Waals surface area contributed by atoms with Gasteiger partial charge >= 0.3 is 0 Å². The smallest absolute Gasteiger partial charge is 0.239 e. The van der Waals surface area contributed by atoms with Crippen molar-refractivity contribution >= 4 is 11.5 Å². The van der Waals surface area contributed by atoms with Crippen LogP contribution in [0.2, 0.25) is 0 Å². The summed E-state index contributed by atoms with van der Waals surface area (Å²) in [7, 11) is 4.73. The van der Waals surface area contributed by atoms with Crippen LogP contribution in [0.4, 0.5) is 11.5 Å². The van der Waals surface area contributed by atoms with Crippen LogP contribution in [0.3, 0.4) is 0 Å². The molecular formula is C20H22N4O4. The van der Waals surface area contributed by atoms with E-state index in [1.54, 1.807) is 58.0 Å². The molecule has 28 heavy (non-hydrogen) atoms. The minimum Gasteiger partial charge on any atom is -0.493 e. The molecule has 1 aromatic heterocycles. The molecule has 0 saturated heterocycles. The van der Waals surface area contributed by atoms with E-state index < -0.39 is 0 Å². The van der Waals surface area contributed by atoms with Crippen LogP contribution in [0.5, 0.6) is 28.9 Å². The third-order valence-electron chi connectivity index (χ3n) is 3.91. The SMILES string of the molecule is COc1cc(CNc2cncc(Oc3ccc(N)cc3)n2)cc(OC)c1OC. The van der Waals surface area contributed by atoms with Crippen LogP contribution >= 0.6 is 0 Å². The van der Waals surface area contributed by atoms with Gasteiger partial charge in [-0.3, -0.25) is 4.98 Å². The third-order valence-corrected chi connectivity index (χ3v) is 3.91. The van der Waals surface area contributed by atoms with Crippen molar-refractivity contribution in [1.82, 2.24) is 9.97 Å². The molecule has 0 bridgehead atoms. The lowest BCUT2D eigenvalue weighted by molar-refractivity contribution is 0.324. The molecule has 0 atom stereocenters. The number of ether oxygens (including phenoxy) is 4. The maximum atomic E-state index is 5.70.